The molecule has 116 valence electrons. The quantitative estimate of drug-likeness (QED) is 0.774. The van der Waals surface area contributed by atoms with Crippen LogP contribution in [0.5, 0.6) is 0 Å². The van der Waals surface area contributed by atoms with Gasteiger partial charge in [0.1, 0.15) is 0 Å². The van der Waals surface area contributed by atoms with E-state index in [1.54, 1.807) is 0 Å². The molecule has 0 aliphatic heterocycles. The van der Waals surface area contributed by atoms with E-state index in [4.69, 9.17) is 16.0 Å². The molecule has 0 radical (unpaired) electrons. The highest BCUT2D eigenvalue weighted by molar-refractivity contribution is 6.17. The highest BCUT2D eigenvalue weighted by Crippen LogP contribution is 2.70. The lowest BCUT2D eigenvalue weighted by Gasteiger charge is -2.65. The van der Waals surface area contributed by atoms with Crippen LogP contribution in [0.4, 0.5) is 0 Å². The fourth-order valence-electron chi connectivity index (χ4n) is 6.74. The van der Waals surface area contributed by atoms with Gasteiger partial charge in [0.05, 0.1) is 0 Å². The molecule has 3 nitrogen and oxygen atoms in total. The van der Waals surface area contributed by atoms with Crippen molar-refractivity contribution in [1.82, 2.24) is 10.2 Å². The Morgan fingerprint density at radius 1 is 1.05 bits per heavy atom. The molecule has 0 saturated heterocycles. The lowest BCUT2D eigenvalue weighted by atomic mass is 9.40. The molecule has 4 aliphatic carbocycles. The molecular weight excluding hydrogens is 284 g/mol. The third kappa shape index (κ3) is 2.42. The minimum Gasteiger partial charge on any atom is -0.425 e. The maximum absolute atomic E-state index is 5.82. The Balaban J connectivity index is 1.59. The van der Waals surface area contributed by atoms with Crippen LogP contribution in [0.3, 0.4) is 0 Å². The molecule has 4 aliphatic rings. The van der Waals surface area contributed by atoms with Crippen LogP contribution < -0.4 is 0 Å². The summed E-state index contributed by atoms with van der Waals surface area (Å²) in [6.07, 6.45) is 10.0. The molecule has 1 heterocycles. The van der Waals surface area contributed by atoms with Crippen LogP contribution in [-0.2, 0) is 12.8 Å². The molecule has 4 heteroatoms. The maximum atomic E-state index is 5.82. The van der Waals surface area contributed by atoms with Crippen molar-refractivity contribution in [3.05, 3.63) is 11.8 Å². The lowest BCUT2D eigenvalue weighted by molar-refractivity contribution is -0.145. The molecule has 4 bridgehead atoms. The van der Waals surface area contributed by atoms with Crippen LogP contribution >= 0.6 is 11.6 Å². The van der Waals surface area contributed by atoms with Gasteiger partial charge >= 0.3 is 0 Å². The van der Waals surface area contributed by atoms with E-state index < -0.39 is 0 Å². The van der Waals surface area contributed by atoms with Gasteiger partial charge in [-0.05, 0) is 60.7 Å². The van der Waals surface area contributed by atoms with Crippen molar-refractivity contribution in [2.75, 3.05) is 5.88 Å². The van der Waals surface area contributed by atoms with Gasteiger partial charge in [0.2, 0.25) is 11.8 Å². The van der Waals surface area contributed by atoms with E-state index in [-0.39, 0.29) is 0 Å². The molecular formula is C17H25ClN2O. The molecule has 4 saturated carbocycles. The third-order valence-electron chi connectivity index (χ3n) is 6.09. The van der Waals surface area contributed by atoms with Crippen molar-refractivity contribution >= 4 is 11.6 Å². The summed E-state index contributed by atoms with van der Waals surface area (Å²) < 4.78 is 5.82. The van der Waals surface area contributed by atoms with E-state index in [9.17, 15) is 0 Å². The van der Waals surface area contributed by atoms with Crippen LogP contribution in [-0.4, -0.2) is 16.1 Å². The first-order valence-corrected chi connectivity index (χ1v) is 8.82. The van der Waals surface area contributed by atoms with Gasteiger partial charge in [-0.1, -0.05) is 13.8 Å². The van der Waals surface area contributed by atoms with Gasteiger partial charge in [0, 0.05) is 18.7 Å². The Morgan fingerprint density at radius 3 is 2.33 bits per heavy atom. The zero-order valence-corrected chi connectivity index (χ0v) is 13.9. The second-order valence-corrected chi connectivity index (χ2v) is 9.21. The highest BCUT2D eigenvalue weighted by atomic mass is 35.5. The number of hydrogen-bond donors (Lipinski definition) is 0. The monoisotopic (exact) mass is 308 g/mol. The van der Waals surface area contributed by atoms with Crippen LogP contribution in [0.25, 0.3) is 0 Å². The van der Waals surface area contributed by atoms with E-state index in [1.165, 1.54) is 38.5 Å². The van der Waals surface area contributed by atoms with Crippen molar-refractivity contribution in [2.45, 2.75) is 65.2 Å². The zero-order valence-electron chi connectivity index (χ0n) is 13.1. The van der Waals surface area contributed by atoms with E-state index in [0.29, 0.717) is 34.4 Å². The molecule has 1 aromatic rings. The number of alkyl halides is 1. The number of aryl methyl sites for hydroxylation is 1. The lowest BCUT2D eigenvalue weighted by Crippen LogP contribution is -2.55. The van der Waals surface area contributed by atoms with Crippen LogP contribution in [0.1, 0.15) is 64.2 Å². The first-order valence-electron chi connectivity index (χ1n) is 8.29. The predicted molar refractivity (Wildman–Crippen MR) is 82.3 cm³/mol. The first kappa shape index (κ1) is 14.0. The summed E-state index contributed by atoms with van der Waals surface area (Å²) in [5.74, 6) is 3.00. The van der Waals surface area contributed by atoms with Gasteiger partial charge in [0.15, 0.2) is 0 Å². The molecule has 0 spiro atoms. The largest absolute Gasteiger partial charge is 0.425 e. The Labute approximate surface area is 131 Å². The highest BCUT2D eigenvalue weighted by Gasteiger charge is 2.60. The van der Waals surface area contributed by atoms with Gasteiger partial charge in [-0.3, -0.25) is 0 Å². The molecule has 4 fully saturated rings. The molecule has 0 aromatic carbocycles. The second-order valence-electron chi connectivity index (χ2n) is 8.84. The number of hydrogen-bond acceptors (Lipinski definition) is 3. The van der Waals surface area contributed by atoms with Crippen LogP contribution in [0.2, 0.25) is 0 Å². The summed E-state index contributed by atoms with van der Waals surface area (Å²) in [6, 6.07) is 0. The predicted octanol–water partition coefficient (Wildman–Crippen LogP) is 4.39. The van der Waals surface area contributed by atoms with E-state index in [1.807, 2.05) is 0 Å². The summed E-state index contributed by atoms with van der Waals surface area (Å²) >= 11 is 5.75. The van der Waals surface area contributed by atoms with E-state index in [0.717, 1.165) is 18.2 Å². The fraction of sp³-hybridized carbons (Fsp3) is 0.882. The van der Waals surface area contributed by atoms with Gasteiger partial charge < -0.3 is 4.42 Å². The van der Waals surface area contributed by atoms with Crippen molar-refractivity contribution in [2.24, 2.45) is 22.2 Å². The summed E-state index contributed by atoms with van der Waals surface area (Å²) in [4.78, 5) is 0. The van der Waals surface area contributed by atoms with Crippen LogP contribution in [0, 0.1) is 22.2 Å². The van der Waals surface area contributed by atoms with Crippen LogP contribution in [0.15, 0.2) is 4.42 Å². The molecule has 0 amide bonds. The molecule has 0 N–H and O–H groups in total. The molecule has 21 heavy (non-hydrogen) atoms. The molecule has 2 unspecified atom stereocenters. The topological polar surface area (TPSA) is 38.9 Å². The van der Waals surface area contributed by atoms with E-state index in [2.05, 4.69) is 24.0 Å². The first-order chi connectivity index (χ1) is 9.92. The molecule has 1 aromatic heterocycles. The summed E-state index contributed by atoms with van der Waals surface area (Å²) in [6.45, 7) is 5.02. The normalized spacial score (nSPS) is 44.4. The average Bonchev–Trinajstić information content (AvgIpc) is 2.71. The Bertz CT molecular complexity index is 537. The number of nitrogens with zero attached hydrogens (tertiary/aromatic N) is 2. The third-order valence-corrected chi connectivity index (χ3v) is 6.27. The van der Waals surface area contributed by atoms with Crippen molar-refractivity contribution in [3.63, 3.8) is 0 Å². The average molecular weight is 309 g/mol. The van der Waals surface area contributed by atoms with Crippen molar-refractivity contribution < 1.29 is 4.42 Å². The van der Waals surface area contributed by atoms with E-state index >= 15 is 0 Å². The minimum absolute atomic E-state index is 0.410. The van der Waals surface area contributed by atoms with Crippen molar-refractivity contribution in [3.8, 4) is 0 Å². The Kier molecular flexibility index (Phi) is 2.99. The molecule has 5 rings (SSSR count). The number of rotatable bonds is 4. The Morgan fingerprint density at radius 2 is 1.71 bits per heavy atom. The van der Waals surface area contributed by atoms with Gasteiger partial charge in [-0.15, -0.1) is 21.8 Å². The second kappa shape index (κ2) is 4.47. The summed E-state index contributed by atoms with van der Waals surface area (Å²) in [5, 5.41) is 8.42. The zero-order chi connectivity index (χ0) is 14.7. The smallest absolute Gasteiger partial charge is 0.217 e. The van der Waals surface area contributed by atoms with Gasteiger partial charge in [0.25, 0.3) is 0 Å². The number of halogens is 1. The maximum Gasteiger partial charge on any atom is 0.217 e. The number of aromatic nitrogens is 2. The van der Waals surface area contributed by atoms with Gasteiger partial charge in [-0.25, -0.2) is 0 Å². The minimum atomic E-state index is 0.410. The SMILES string of the molecule is CC12CC3CC(C)(C1)CC(Cc1nnc(CCCl)o1)(C3)C2. The Hall–Kier alpha value is -0.570. The molecule has 2 atom stereocenters. The summed E-state index contributed by atoms with van der Waals surface area (Å²) in [5.41, 5.74) is 1.51. The fourth-order valence-corrected chi connectivity index (χ4v) is 6.91. The van der Waals surface area contributed by atoms with Gasteiger partial charge in [-0.2, -0.15) is 0 Å². The summed E-state index contributed by atoms with van der Waals surface area (Å²) in [7, 11) is 0. The standard InChI is InChI=1S/C17H25ClN2O/c1-15-5-12-6-16(2,9-15)11-17(7-12,10-15)8-14-20-19-13(21-14)3-4-18/h12H,3-11H2,1-2H3. The van der Waals surface area contributed by atoms with Crippen molar-refractivity contribution in [1.29, 1.82) is 0 Å².